The minimum Gasteiger partial charge on any atom is -0.340 e. The van der Waals surface area contributed by atoms with Crippen molar-refractivity contribution in [3.63, 3.8) is 0 Å². The minimum absolute atomic E-state index is 0.0909. The molecular formula is C17H16BrClN4O. The number of nitrogens with two attached hydrogens (primary N) is 1. The second-order valence-electron chi connectivity index (χ2n) is 5.48. The van der Waals surface area contributed by atoms with Crippen LogP contribution in [-0.2, 0) is 4.79 Å². The van der Waals surface area contributed by atoms with Gasteiger partial charge in [0.2, 0.25) is 0 Å². The van der Waals surface area contributed by atoms with Gasteiger partial charge in [0.1, 0.15) is 12.4 Å². The highest BCUT2D eigenvalue weighted by atomic mass is 79.9. The summed E-state index contributed by atoms with van der Waals surface area (Å²) in [6, 6.07) is 13.3. The van der Waals surface area contributed by atoms with Gasteiger partial charge in [0, 0.05) is 15.1 Å². The lowest BCUT2D eigenvalue weighted by molar-refractivity contribution is -0.121. The van der Waals surface area contributed by atoms with Gasteiger partial charge in [0.15, 0.2) is 0 Å². The zero-order chi connectivity index (χ0) is 17.3. The Morgan fingerprint density at radius 2 is 2.08 bits per heavy atom. The highest BCUT2D eigenvalue weighted by Gasteiger charge is 2.32. The van der Waals surface area contributed by atoms with Gasteiger partial charge in [-0.2, -0.15) is 0 Å². The van der Waals surface area contributed by atoms with Gasteiger partial charge in [-0.05, 0) is 36.8 Å². The molecule has 3 rings (SSSR count). The number of hydrazine groups is 1. The summed E-state index contributed by atoms with van der Waals surface area (Å²) in [7, 11) is 0. The van der Waals surface area contributed by atoms with E-state index in [0.717, 1.165) is 27.1 Å². The van der Waals surface area contributed by atoms with Crippen LogP contribution in [0.15, 0.2) is 51.9 Å². The fraction of sp³-hybridized carbons (Fsp3) is 0.176. The molecule has 2 aromatic rings. The van der Waals surface area contributed by atoms with Gasteiger partial charge in [-0.25, -0.2) is 10.8 Å². The van der Waals surface area contributed by atoms with Crippen molar-refractivity contribution in [2.45, 2.75) is 13.0 Å². The monoisotopic (exact) mass is 406 g/mol. The number of nitrogens with zero attached hydrogens (tertiary/aromatic N) is 2. The van der Waals surface area contributed by atoms with Gasteiger partial charge >= 0.3 is 0 Å². The van der Waals surface area contributed by atoms with Crippen LogP contribution in [0.25, 0.3) is 0 Å². The molecule has 0 aliphatic carbocycles. The highest BCUT2D eigenvalue weighted by Crippen LogP contribution is 2.42. The first-order valence-electron chi connectivity index (χ1n) is 7.36. The molecule has 1 aliphatic heterocycles. The molecule has 3 N–H and O–H groups in total. The molecule has 0 saturated heterocycles. The summed E-state index contributed by atoms with van der Waals surface area (Å²) in [6.07, 6.45) is 0. The summed E-state index contributed by atoms with van der Waals surface area (Å²) in [5.41, 5.74) is 4.94. The Morgan fingerprint density at radius 3 is 2.79 bits per heavy atom. The zero-order valence-corrected chi connectivity index (χ0v) is 15.3. The summed E-state index contributed by atoms with van der Waals surface area (Å²) < 4.78 is 0.941. The van der Waals surface area contributed by atoms with E-state index in [2.05, 4.69) is 26.3 Å². The molecule has 24 heavy (non-hydrogen) atoms. The van der Waals surface area contributed by atoms with E-state index in [4.69, 9.17) is 17.4 Å². The Hall–Kier alpha value is -1.89. The second kappa shape index (κ2) is 6.93. The molecule has 1 atom stereocenters. The van der Waals surface area contributed by atoms with Crippen LogP contribution in [0.1, 0.15) is 24.1 Å². The number of carbonyl (C=O) groups excluding carboxylic acids is 1. The van der Waals surface area contributed by atoms with Gasteiger partial charge in [0.25, 0.3) is 5.91 Å². The van der Waals surface area contributed by atoms with E-state index in [1.54, 1.807) is 0 Å². The third-order valence-electron chi connectivity index (χ3n) is 3.97. The van der Waals surface area contributed by atoms with E-state index in [1.807, 2.05) is 54.3 Å². The molecule has 0 unspecified atom stereocenters. The molecule has 1 heterocycles. The maximum atomic E-state index is 11.9. The lowest BCUT2D eigenvalue weighted by atomic mass is 9.94. The number of amidine groups is 1. The van der Waals surface area contributed by atoms with Crippen molar-refractivity contribution in [1.29, 1.82) is 0 Å². The predicted octanol–water partition coefficient (Wildman–Crippen LogP) is 3.55. The van der Waals surface area contributed by atoms with Crippen molar-refractivity contribution in [1.82, 2.24) is 10.3 Å². The van der Waals surface area contributed by atoms with Gasteiger partial charge in [-0.1, -0.05) is 45.7 Å². The Morgan fingerprint density at radius 1 is 1.33 bits per heavy atom. The van der Waals surface area contributed by atoms with Crippen LogP contribution in [0.2, 0.25) is 5.02 Å². The maximum Gasteiger partial charge on any atom is 0.253 e. The van der Waals surface area contributed by atoms with E-state index in [9.17, 15) is 4.79 Å². The van der Waals surface area contributed by atoms with Crippen molar-refractivity contribution in [3.8, 4) is 0 Å². The maximum absolute atomic E-state index is 11.9. The topological polar surface area (TPSA) is 70.7 Å². The van der Waals surface area contributed by atoms with E-state index in [0.29, 0.717) is 5.02 Å². The minimum atomic E-state index is -0.292. The van der Waals surface area contributed by atoms with Crippen molar-refractivity contribution in [2.75, 3.05) is 6.54 Å². The fourth-order valence-corrected chi connectivity index (χ4v) is 3.50. The van der Waals surface area contributed by atoms with Gasteiger partial charge < -0.3 is 4.90 Å². The zero-order valence-electron chi connectivity index (χ0n) is 13.0. The quantitative estimate of drug-likeness (QED) is 0.464. The molecule has 5 nitrogen and oxygen atoms in total. The molecule has 0 bridgehead atoms. The highest BCUT2D eigenvalue weighted by molar-refractivity contribution is 9.10. The summed E-state index contributed by atoms with van der Waals surface area (Å²) in [5.74, 6) is 5.71. The first-order valence-corrected chi connectivity index (χ1v) is 8.53. The number of halogens is 2. The van der Waals surface area contributed by atoms with Gasteiger partial charge in [-0.3, -0.25) is 10.2 Å². The van der Waals surface area contributed by atoms with Crippen LogP contribution < -0.4 is 11.3 Å². The molecule has 0 fully saturated rings. The number of amides is 1. The number of benzene rings is 2. The fourth-order valence-electron chi connectivity index (χ4n) is 2.88. The smallest absolute Gasteiger partial charge is 0.253 e. The van der Waals surface area contributed by atoms with Crippen LogP contribution in [-0.4, -0.2) is 23.2 Å². The number of fused-ring (bicyclic) bond motifs is 1. The number of carbonyl (C=O) groups is 1. The summed E-state index contributed by atoms with van der Waals surface area (Å²) in [6.45, 7) is 1.96. The lowest BCUT2D eigenvalue weighted by Crippen LogP contribution is -2.45. The molecule has 2 aromatic carbocycles. The summed E-state index contributed by atoms with van der Waals surface area (Å²) in [4.78, 5) is 18.4. The molecule has 0 saturated carbocycles. The molecule has 0 radical (unpaired) electrons. The van der Waals surface area contributed by atoms with Gasteiger partial charge in [-0.15, -0.1) is 0 Å². The average Bonchev–Trinajstić information content (AvgIpc) is 2.57. The molecule has 0 aromatic heterocycles. The SMILES string of the molecule is CC1=Nc2ccc(Br)cc2[C@@H](c2ccccc2Cl)N1CC(=O)NN. The molecular weight excluding hydrogens is 392 g/mol. The van der Waals surface area contributed by atoms with Crippen LogP contribution in [0, 0.1) is 0 Å². The summed E-state index contributed by atoms with van der Waals surface area (Å²) >= 11 is 9.95. The first kappa shape index (κ1) is 17.0. The Balaban J connectivity index is 2.18. The molecule has 1 aliphatic rings. The Bertz CT molecular complexity index is 824. The number of aliphatic imine (C=N–C) groups is 1. The number of nitrogens with one attached hydrogen (secondary N) is 1. The van der Waals surface area contributed by atoms with Crippen LogP contribution in [0.4, 0.5) is 5.69 Å². The lowest BCUT2D eigenvalue weighted by Gasteiger charge is -2.37. The van der Waals surface area contributed by atoms with Crippen LogP contribution in [0.5, 0.6) is 0 Å². The van der Waals surface area contributed by atoms with Crippen molar-refractivity contribution in [3.05, 3.63) is 63.1 Å². The number of rotatable bonds is 3. The predicted molar refractivity (Wildman–Crippen MR) is 99.2 cm³/mol. The Kier molecular flexibility index (Phi) is 4.89. The van der Waals surface area contributed by atoms with Crippen molar-refractivity contribution >= 4 is 45.0 Å². The largest absolute Gasteiger partial charge is 0.340 e. The normalized spacial score (nSPS) is 16.4. The molecule has 1 amide bonds. The standard InChI is InChI=1S/C17H16BrClN4O/c1-10-21-15-7-6-11(18)8-13(15)17(23(10)9-16(24)22-20)12-4-2-3-5-14(12)19/h2-8,17H,9,20H2,1H3,(H,22,24)/t17-/m1/s1. The second-order valence-corrected chi connectivity index (χ2v) is 6.80. The van der Waals surface area contributed by atoms with Crippen LogP contribution >= 0.6 is 27.5 Å². The summed E-state index contributed by atoms with van der Waals surface area (Å²) in [5, 5.41) is 0.640. The first-order chi connectivity index (χ1) is 11.5. The Labute approximate surface area is 153 Å². The third kappa shape index (κ3) is 3.17. The van der Waals surface area contributed by atoms with E-state index in [-0.39, 0.29) is 18.5 Å². The third-order valence-corrected chi connectivity index (χ3v) is 4.81. The molecule has 124 valence electrons. The van der Waals surface area contributed by atoms with Crippen LogP contribution in [0.3, 0.4) is 0 Å². The number of hydrogen-bond acceptors (Lipinski definition) is 4. The van der Waals surface area contributed by atoms with E-state index in [1.165, 1.54) is 0 Å². The number of hydrogen-bond donors (Lipinski definition) is 2. The van der Waals surface area contributed by atoms with Crippen molar-refractivity contribution < 1.29 is 4.79 Å². The molecule has 7 heteroatoms. The van der Waals surface area contributed by atoms with Crippen molar-refractivity contribution in [2.24, 2.45) is 10.8 Å². The molecule has 0 spiro atoms. The van der Waals surface area contributed by atoms with E-state index < -0.39 is 0 Å². The average molecular weight is 408 g/mol. The van der Waals surface area contributed by atoms with E-state index >= 15 is 0 Å². The van der Waals surface area contributed by atoms with Gasteiger partial charge in [0.05, 0.1) is 11.7 Å².